The second kappa shape index (κ2) is 9.05. The van der Waals surface area contributed by atoms with Gasteiger partial charge in [0.25, 0.3) is 11.5 Å². The van der Waals surface area contributed by atoms with Crippen LogP contribution in [0.5, 0.6) is 0 Å². The van der Waals surface area contributed by atoms with Crippen LogP contribution >= 0.6 is 0 Å². The first-order valence-electron chi connectivity index (χ1n) is 11.1. The van der Waals surface area contributed by atoms with E-state index in [0.717, 1.165) is 16.5 Å². The van der Waals surface area contributed by atoms with E-state index >= 15 is 0 Å². The van der Waals surface area contributed by atoms with Gasteiger partial charge in [-0.15, -0.1) is 0 Å². The fraction of sp³-hybridized carbons (Fsp3) is 0.400. The number of nitrogens with zero attached hydrogens (tertiary/aromatic N) is 3. The topological polar surface area (TPSA) is 96.7 Å². The number of nitrogens with one attached hydrogen (secondary N) is 1. The monoisotopic (exact) mass is 450 g/mol. The summed E-state index contributed by atoms with van der Waals surface area (Å²) in [7, 11) is 5.31. The smallest absolute Gasteiger partial charge is 0.257 e. The number of carbonyl (C=O) groups is 1. The van der Waals surface area contributed by atoms with E-state index in [1.807, 2.05) is 49.3 Å². The molecule has 3 heterocycles. The maximum absolute atomic E-state index is 13.5. The summed E-state index contributed by atoms with van der Waals surface area (Å²) in [6.07, 6.45) is 0.110. The standard InChI is InChI=1S/C25H30N4O4/c1-5-25(32,24(31)26-10-11-28(2)3)19-13-21-22-17(12-16-8-6-7-9-20(16)27-22)14-29(21)23(30)18(19)15-33-4/h6-9,12-13,32H,5,10-11,14-15H2,1-4H3,(H,26,31)/t25-/m0/s1. The summed E-state index contributed by atoms with van der Waals surface area (Å²) in [6, 6.07) is 11.6. The lowest BCUT2D eigenvalue weighted by molar-refractivity contribution is -0.141. The summed E-state index contributed by atoms with van der Waals surface area (Å²) in [5, 5.41) is 15.4. The van der Waals surface area contributed by atoms with Gasteiger partial charge in [0.05, 0.1) is 30.1 Å². The van der Waals surface area contributed by atoms with Crippen LogP contribution in [0, 0.1) is 0 Å². The van der Waals surface area contributed by atoms with Crippen LogP contribution in [0.1, 0.15) is 30.0 Å². The molecule has 0 aliphatic carbocycles. The normalized spacial score (nSPS) is 14.2. The largest absolute Gasteiger partial charge is 0.380 e. The van der Waals surface area contributed by atoms with Crippen molar-refractivity contribution in [3.8, 4) is 11.4 Å². The Hall–Kier alpha value is -3.07. The molecule has 1 aliphatic rings. The van der Waals surface area contributed by atoms with E-state index in [0.29, 0.717) is 31.0 Å². The number of methoxy groups -OCH3 is 1. The number of hydrogen-bond donors (Lipinski definition) is 2. The predicted octanol–water partition coefficient (Wildman–Crippen LogP) is 1.85. The third-order valence-corrected chi connectivity index (χ3v) is 6.24. The van der Waals surface area contributed by atoms with Crippen molar-refractivity contribution in [2.24, 2.45) is 0 Å². The van der Waals surface area contributed by atoms with E-state index in [-0.39, 0.29) is 29.7 Å². The van der Waals surface area contributed by atoms with Crippen LogP contribution in [0.4, 0.5) is 0 Å². The first-order chi connectivity index (χ1) is 15.8. The Bertz CT molecular complexity index is 1270. The van der Waals surface area contributed by atoms with Crippen molar-refractivity contribution < 1.29 is 14.6 Å². The van der Waals surface area contributed by atoms with Crippen molar-refractivity contribution in [3.05, 3.63) is 63.4 Å². The number of benzene rings is 1. The SMILES string of the molecule is CC[C@@](O)(C(=O)NCCN(C)C)c1cc2n(c(=O)c1COC)Cc1cc3ccccc3nc1-2. The number of rotatable bonds is 8. The number of hydrogen-bond acceptors (Lipinski definition) is 6. The van der Waals surface area contributed by atoms with Gasteiger partial charge in [-0.25, -0.2) is 4.98 Å². The number of aliphatic hydroxyl groups is 1. The minimum atomic E-state index is -1.87. The molecular formula is C25H30N4O4. The van der Waals surface area contributed by atoms with Crippen LogP contribution in [0.3, 0.4) is 0 Å². The molecule has 2 aromatic heterocycles. The Balaban J connectivity index is 1.86. The van der Waals surface area contributed by atoms with Crippen molar-refractivity contribution in [1.29, 1.82) is 0 Å². The van der Waals surface area contributed by atoms with Gasteiger partial charge in [-0.05, 0) is 38.7 Å². The van der Waals surface area contributed by atoms with E-state index in [2.05, 4.69) is 5.32 Å². The molecule has 0 radical (unpaired) electrons. The highest BCUT2D eigenvalue weighted by Crippen LogP contribution is 2.36. The fourth-order valence-corrected chi connectivity index (χ4v) is 4.38. The van der Waals surface area contributed by atoms with E-state index in [1.165, 1.54) is 7.11 Å². The highest BCUT2D eigenvalue weighted by Gasteiger charge is 2.40. The third-order valence-electron chi connectivity index (χ3n) is 6.24. The van der Waals surface area contributed by atoms with E-state index in [9.17, 15) is 14.7 Å². The second-order valence-electron chi connectivity index (χ2n) is 8.71. The van der Waals surface area contributed by atoms with Gasteiger partial charge in [0.15, 0.2) is 5.60 Å². The van der Waals surface area contributed by atoms with Crippen LogP contribution in [0.2, 0.25) is 0 Å². The van der Waals surface area contributed by atoms with Crippen LogP contribution in [-0.4, -0.2) is 59.8 Å². The van der Waals surface area contributed by atoms with Crippen molar-refractivity contribution in [2.75, 3.05) is 34.3 Å². The maximum atomic E-state index is 13.5. The molecule has 8 heteroatoms. The molecule has 0 spiro atoms. The molecule has 33 heavy (non-hydrogen) atoms. The van der Waals surface area contributed by atoms with Gasteiger partial charge in [0, 0.05) is 42.3 Å². The molecule has 0 saturated heterocycles. The Morgan fingerprint density at radius 3 is 2.76 bits per heavy atom. The molecule has 1 aromatic carbocycles. The summed E-state index contributed by atoms with van der Waals surface area (Å²) in [5.41, 5.74) is 1.46. The summed E-state index contributed by atoms with van der Waals surface area (Å²) in [6.45, 7) is 3.12. The number of likely N-dealkylation sites (N-methyl/N-ethyl adjacent to an activating group) is 1. The fourth-order valence-electron chi connectivity index (χ4n) is 4.38. The van der Waals surface area contributed by atoms with E-state index in [1.54, 1.807) is 17.6 Å². The summed E-state index contributed by atoms with van der Waals surface area (Å²) < 4.78 is 6.95. The Morgan fingerprint density at radius 2 is 2.06 bits per heavy atom. The molecule has 0 fully saturated rings. The number of aromatic nitrogens is 2. The summed E-state index contributed by atoms with van der Waals surface area (Å²) in [4.78, 5) is 33.4. The average molecular weight is 451 g/mol. The van der Waals surface area contributed by atoms with Gasteiger partial charge in [0.1, 0.15) is 0 Å². The molecule has 0 bridgehead atoms. The second-order valence-corrected chi connectivity index (χ2v) is 8.71. The Morgan fingerprint density at radius 1 is 1.30 bits per heavy atom. The molecule has 1 aliphatic heterocycles. The highest BCUT2D eigenvalue weighted by atomic mass is 16.5. The number of ether oxygens (including phenoxy) is 1. The Kier molecular flexibility index (Phi) is 6.34. The lowest BCUT2D eigenvalue weighted by atomic mass is 9.86. The molecule has 3 aromatic rings. The van der Waals surface area contributed by atoms with Gasteiger partial charge < -0.3 is 24.6 Å². The lowest BCUT2D eigenvalue weighted by Gasteiger charge is -2.29. The average Bonchev–Trinajstić information content (AvgIpc) is 3.16. The van der Waals surface area contributed by atoms with Gasteiger partial charge in [-0.2, -0.15) is 0 Å². The van der Waals surface area contributed by atoms with Gasteiger partial charge >= 0.3 is 0 Å². The first-order valence-corrected chi connectivity index (χ1v) is 11.1. The van der Waals surface area contributed by atoms with Crippen LogP contribution in [0.25, 0.3) is 22.3 Å². The van der Waals surface area contributed by atoms with E-state index < -0.39 is 11.5 Å². The molecule has 2 N–H and O–H groups in total. The zero-order valence-electron chi connectivity index (χ0n) is 19.5. The number of amides is 1. The maximum Gasteiger partial charge on any atom is 0.257 e. The zero-order chi connectivity index (χ0) is 23.8. The van der Waals surface area contributed by atoms with Gasteiger partial charge in [-0.1, -0.05) is 25.1 Å². The molecule has 0 saturated carbocycles. The number of fused-ring (bicyclic) bond motifs is 4. The zero-order valence-corrected chi connectivity index (χ0v) is 19.5. The van der Waals surface area contributed by atoms with Crippen molar-refractivity contribution in [3.63, 3.8) is 0 Å². The molecule has 0 unspecified atom stereocenters. The Labute approximate surface area is 192 Å². The molecule has 1 amide bonds. The molecule has 8 nitrogen and oxygen atoms in total. The number of para-hydroxylation sites is 1. The van der Waals surface area contributed by atoms with Crippen LogP contribution in [0.15, 0.2) is 41.2 Å². The molecule has 4 rings (SSSR count). The van der Waals surface area contributed by atoms with Crippen molar-refractivity contribution in [2.45, 2.75) is 32.1 Å². The first kappa shape index (κ1) is 23.1. The highest BCUT2D eigenvalue weighted by molar-refractivity contribution is 5.88. The number of pyridine rings is 2. The minimum Gasteiger partial charge on any atom is -0.380 e. The van der Waals surface area contributed by atoms with Crippen molar-refractivity contribution >= 4 is 16.8 Å². The number of carbonyl (C=O) groups excluding carboxylic acids is 1. The van der Waals surface area contributed by atoms with Gasteiger partial charge in [-0.3, -0.25) is 9.59 Å². The molecule has 174 valence electrons. The molecular weight excluding hydrogens is 420 g/mol. The summed E-state index contributed by atoms with van der Waals surface area (Å²) in [5.74, 6) is -0.529. The predicted molar refractivity (Wildman–Crippen MR) is 127 cm³/mol. The van der Waals surface area contributed by atoms with E-state index in [4.69, 9.17) is 9.72 Å². The van der Waals surface area contributed by atoms with Crippen molar-refractivity contribution in [1.82, 2.24) is 19.8 Å². The van der Waals surface area contributed by atoms with Gasteiger partial charge in [0.2, 0.25) is 0 Å². The quantitative estimate of drug-likeness (QED) is 0.425. The van der Waals surface area contributed by atoms with Crippen LogP contribution < -0.4 is 10.9 Å². The lowest BCUT2D eigenvalue weighted by Crippen LogP contribution is -2.47. The third kappa shape index (κ3) is 4.06. The minimum absolute atomic E-state index is 0.00646. The summed E-state index contributed by atoms with van der Waals surface area (Å²) >= 11 is 0. The molecule has 1 atom stereocenters. The van der Waals surface area contributed by atoms with Crippen LogP contribution in [-0.2, 0) is 28.3 Å².